The molecule has 0 bridgehead atoms. The second kappa shape index (κ2) is 5.09. The van der Waals surface area contributed by atoms with Gasteiger partial charge in [-0.1, -0.05) is 33.3 Å². The van der Waals surface area contributed by atoms with Gasteiger partial charge in [0, 0.05) is 0 Å². The van der Waals surface area contributed by atoms with E-state index in [1.807, 2.05) is 13.8 Å². The van der Waals surface area contributed by atoms with E-state index in [4.69, 9.17) is 0 Å². The van der Waals surface area contributed by atoms with E-state index in [2.05, 4.69) is 27.4 Å². The fourth-order valence-electron chi connectivity index (χ4n) is 5.57. The molecule has 2 aliphatic carbocycles. The Morgan fingerprint density at radius 1 is 1.19 bits per heavy atom. The molecule has 0 aromatic heterocycles. The molecule has 0 spiro atoms. The smallest absolute Gasteiger partial charge is 0.0801 e. The van der Waals surface area contributed by atoms with Crippen LogP contribution in [0.5, 0.6) is 0 Å². The Morgan fingerprint density at radius 2 is 1.81 bits per heavy atom. The van der Waals surface area contributed by atoms with Gasteiger partial charge < -0.3 is 10.2 Å². The quantitative estimate of drug-likeness (QED) is 0.762. The third kappa shape index (κ3) is 2.94. The first-order valence-corrected chi connectivity index (χ1v) is 8.53. The van der Waals surface area contributed by atoms with Crippen molar-refractivity contribution in [1.82, 2.24) is 0 Å². The van der Waals surface area contributed by atoms with Crippen molar-refractivity contribution >= 4 is 0 Å². The van der Waals surface area contributed by atoms with Crippen molar-refractivity contribution in [1.29, 1.82) is 0 Å². The summed E-state index contributed by atoms with van der Waals surface area (Å²) < 4.78 is 0. The molecule has 2 saturated carbocycles. The second-order valence-corrected chi connectivity index (χ2v) is 9.11. The molecule has 0 aromatic carbocycles. The predicted octanol–water partition coefficient (Wildman–Crippen LogP) is 4.31. The van der Waals surface area contributed by atoms with Gasteiger partial charge in [-0.25, -0.2) is 0 Å². The van der Waals surface area contributed by atoms with Crippen molar-refractivity contribution in [2.75, 3.05) is 0 Å². The number of rotatable bonds is 3. The van der Waals surface area contributed by atoms with Crippen molar-refractivity contribution in [3.8, 4) is 0 Å². The SMILES string of the molecule is C=C[C@](C)(O)C[C@@H]1[C@@]2(C)CCCC(C)(C)[C@@H]2CC[C@]1(C)O. The Kier molecular flexibility index (Phi) is 4.13. The molecule has 2 N–H and O–H groups in total. The van der Waals surface area contributed by atoms with Gasteiger partial charge in [0.25, 0.3) is 0 Å². The first-order valence-electron chi connectivity index (χ1n) is 8.53. The number of hydrogen-bond acceptors (Lipinski definition) is 2. The maximum absolute atomic E-state index is 11.0. The molecular formula is C19H34O2. The van der Waals surface area contributed by atoms with Crippen LogP contribution in [0, 0.1) is 22.7 Å². The fourth-order valence-corrected chi connectivity index (χ4v) is 5.57. The van der Waals surface area contributed by atoms with Gasteiger partial charge in [-0.05, 0) is 68.6 Å². The Balaban J connectivity index is 2.39. The molecule has 2 fully saturated rings. The summed E-state index contributed by atoms with van der Waals surface area (Å²) in [5.74, 6) is 0.751. The lowest BCUT2D eigenvalue weighted by Crippen LogP contribution is -2.58. The second-order valence-electron chi connectivity index (χ2n) is 9.11. The van der Waals surface area contributed by atoms with Crippen LogP contribution in [-0.4, -0.2) is 21.4 Å². The molecule has 0 aliphatic heterocycles. The molecular weight excluding hydrogens is 260 g/mol. The van der Waals surface area contributed by atoms with Crippen molar-refractivity contribution in [3.05, 3.63) is 12.7 Å². The van der Waals surface area contributed by atoms with Crippen LogP contribution in [0.25, 0.3) is 0 Å². The maximum atomic E-state index is 11.0. The lowest BCUT2D eigenvalue weighted by Gasteiger charge is -2.62. The van der Waals surface area contributed by atoms with E-state index in [0.717, 1.165) is 19.3 Å². The summed E-state index contributed by atoms with van der Waals surface area (Å²) >= 11 is 0. The summed E-state index contributed by atoms with van der Waals surface area (Å²) in [5, 5.41) is 21.5. The Morgan fingerprint density at radius 3 is 2.38 bits per heavy atom. The van der Waals surface area contributed by atoms with Crippen LogP contribution in [0.4, 0.5) is 0 Å². The van der Waals surface area contributed by atoms with Gasteiger partial charge in [-0.15, -0.1) is 6.58 Å². The predicted molar refractivity (Wildman–Crippen MR) is 88.0 cm³/mol. The Hall–Kier alpha value is -0.340. The van der Waals surface area contributed by atoms with Gasteiger partial charge in [0.15, 0.2) is 0 Å². The van der Waals surface area contributed by atoms with Gasteiger partial charge in [0.05, 0.1) is 11.2 Å². The summed E-state index contributed by atoms with van der Waals surface area (Å²) in [4.78, 5) is 0. The minimum absolute atomic E-state index is 0.108. The normalized spacial score (nSPS) is 45.5. The third-order valence-electron chi connectivity index (χ3n) is 6.82. The van der Waals surface area contributed by atoms with E-state index in [-0.39, 0.29) is 11.3 Å². The first-order chi connectivity index (χ1) is 9.45. The van der Waals surface area contributed by atoms with Crippen LogP contribution < -0.4 is 0 Å². The van der Waals surface area contributed by atoms with Crippen LogP contribution >= 0.6 is 0 Å². The molecule has 0 aromatic rings. The van der Waals surface area contributed by atoms with Crippen LogP contribution in [0.3, 0.4) is 0 Å². The highest BCUT2D eigenvalue weighted by Gasteiger charge is 2.58. The van der Waals surface area contributed by atoms with E-state index in [9.17, 15) is 10.2 Å². The van der Waals surface area contributed by atoms with Gasteiger partial charge in [0.2, 0.25) is 0 Å². The molecule has 0 unspecified atom stereocenters. The van der Waals surface area contributed by atoms with Gasteiger partial charge >= 0.3 is 0 Å². The lowest BCUT2D eigenvalue weighted by atomic mass is 9.44. The van der Waals surface area contributed by atoms with Gasteiger partial charge in [-0.2, -0.15) is 0 Å². The summed E-state index contributed by atoms with van der Waals surface area (Å²) in [6.45, 7) is 14.7. The van der Waals surface area contributed by atoms with Crippen LogP contribution in [0.15, 0.2) is 12.7 Å². The summed E-state index contributed by atoms with van der Waals surface area (Å²) in [6, 6.07) is 0. The van der Waals surface area contributed by atoms with Crippen LogP contribution in [-0.2, 0) is 0 Å². The first kappa shape index (κ1) is 17.0. The largest absolute Gasteiger partial charge is 0.390 e. The number of aliphatic hydroxyl groups is 2. The van der Waals surface area contributed by atoms with E-state index in [1.165, 1.54) is 12.8 Å². The molecule has 2 heteroatoms. The molecule has 0 heterocycles. The molecule has 21 heavy (non-hydrogen) atoms. The van der Waals surface area contributed by atoms with Crippen LogP contribution in [0.1, 0.15) is 73.1 Å². The molecule has 0 radical (unpaired) electrons. The summed E-state index contributed by atoms with van der Waals surface area (Å²) in [6.07, 6.45) is 7.84. The molecule has 0 amide bonds. The average Bonchev–Trinajstić information content (AvgIpc) is 2.33. The molecule has 2 nitrogen and oxygen atoms in total. The van der Waals surface area contributed by atoms with Gasteiger partial charge in [0.1, 0.15) is 0 Å². The van der Waals surface area contributed by atoms with E-state index < -0.39 is 11.2 Å². The van der Waals surface area contributed by atoms with Gasteiger partial charge in [-0.3, -0.25) is 0 Å². The minimum atomic E-state index is -0.902. The van der Waals surface area contributed by atoms with Crippen molar-refractivity contribution < 1.29 is 10.2 Å². The van der Waals surface area contributed by atoms with Crippen LogP contribution in [0.2, 0.25) is 0 Å². The molecule has 2 aliphatic rings. The highest BCUT2D eigenvalue weighted by Crippen LogP contribution is 2.63. The topological polar surface area (TPSA) is 40.5 Å². The molecule has 0 saturated heterocycles. The highest BCUT2D eigenvalue weighted by molar-refractivity contribution is 5.10. The standard InChI is InChI=1S/C19H34O2/c1-7-17(4,20)13-15-18(5)11-8-10-16(2,3)14(18)9-12-19(15,6)21/h7,14-15,20-21H,1,8-13H2,2-6H3/t14-,15+,17-,18-,19-/m0/s1. The minimum Gasteiger partial charge on any atom is -0.390 e. The van der Waals surface area contributed by atoms with Crippen molar-refractivity contribution in [2.45, 2.75) is 84.3 Å². The van der Waals surface area contributed by atoms with Crippen molar-refractivity contribution in [2.24, 2.45) is 22.7 Å². The Labute approximate surface area is 130 Å². The zero-order valence-corrected chi connectivity index (χ0v) is 14.6. The lowest BCUT2D eigenvalue weighted by molar-refractivity contribution is -0.180. The fraction of sp³-hybridized carbons (Fsp3) is 0.895. The van der Waals surface area contributed by atoms with E-state index in [1.54, 1.807) is 6.08 Å². The summed E-state index contributed by atoms with van der Waals surface area (Å²) in [7, 11) is 0. The van der Waals surface area contributed by atoms with Crippen molar-refractivity contribution in [3.63, 3.8) is 0 Å². The van der Waals surface area contributed by atoms with E-state index >= 15 is 0 Å². The van der Waals surface area contributed by atoms with E-state index in [0.29, 0.717) is 17.8 Å². The Bertz CT molecular complexity index is 408. The number of fused-ring (bicyclic) bond motifs is 1. The molecule has 5 atom stereocenters. The number of hydrogen-bond donors (Lipinski definition) is 2. The summed E-state index contributed by atoms with van der Waals surface area (Å²) in [5.41, 5.74) is -1.15. The highest BCUT2D eigenvalue weighted by atomic mass is 16.3. The molecule has 122 valence electrons. The average molecular weight is 294 g/mol. The zero-order valence-electron chi connectivity index (χ0n) is 14.6. The third-order valence-corrected chi connectivity index (χ3v) is 6.82. The molecule has 2 rings (SSSR count). The monoisotopic (exact) mass is 294 g/mol. The maximum Gasteiger partial charge on any atom is 0.0801 e. The zero-order chi connectivity index (χ0) is 16.1.